The van der Waals surface area contributed by atoms with Crippen molar-refractivity contribution in [1.29, 1.82) is 0 Å². The van der Waals surface area contributed by atoms with Crippen LogP contribution in [-0.2, 0) is 6.42 Å². The van der Waals surface area contributed by atoms with Crippen molar-refractivity contribution in [2.24, 2.45) is 0 Å². The number of nitrogens with zero attached hydrogens (tertiary/aromatic N) is 3. The first-order chi connectivity index (χ1) is 9.63. The number of nitrogens with two attached hydrogens (primary N) is 1. The second-order valence-electron chi connectivity index (χ2n) is 4.90. The Kier molecular flexibility index (Phi) is 4.56. The summed E-state index contributed by atoms with van der Waals surface area (Å²) >= 11 is 0. The van der Waals surface area contributed by atoms with Crippen molar-refractivity contribution >= 4 is 17.3 Å². The summed E-state index contributed by atoms with van der Waals surface area (Å²) in [5.41, 5.74) is 8.28. The highest BCUT2D eigenvalue weighted by atomic mass is 15.2. The molecule has 0 aliphatic heterocycles. The Labute approximate surface area is 120 Å². The highest BCUT2D eigenvalue weighted by Gasteiger charge is 2.11. The van der Waals surface area contributed by atoms with Gasteiger partial charge in [0.1, 0.15) is 17.5 Å². The average molecular weight is 270 g/mol. The van der Waals surface area contributed by atoms with Gasteiger partial charge in [-0.05, 0) is 38.0 Å². The van der Waals surface area contributed by atoms with Crippen LogP contribution in [0.15, 0.2) is 30.3 Å². The number of aryl methyl sites for hydroxylation is 2. The third kappa shape index (κ3) is 3.26. The van der Waals surface area contributed by atoms with Gasteiger partial charge in [0.25, 0.3) is 0 Å². The van der Waals surface area contributed by atoms with E-state index in [1.54, 1.807) is 0 Å². The molecule has 0 aliphatic carbocycles. The molecular formula is C16H22N4. The lowest BCUT2D eigenvalue weighted by Crippen LogP contribution is -2.19. The Morgan fingerprint density at radius 1 is 1.15 bits per heavy atom. The SMILES string of the molecule is CCCc1nc(N)cc(N(CC)c2cccc(C)c2)n1. The van der Waals surface area contributed by atoms with Crippen LogP contribution in [0.5, 0.6) is 0 Å². The number of benzene rings is 1. The zero-order valence-corrected chi connectivity index (χ0v) is 12.4. The number of hydrogen-bond acceptors (Lipinski definition) is 4. The zero-order chi connectivity index (χ0) is 14.5. The molecular weight excluding hydrogens is 248 g/mol. The van der Waals surface area contributed by atoms with Crippen molar-refractivity contribution < 1.29 is 0 Å². The molecule has 0 bridgehead atoms. The van der Waals surface area contributed by atoms with Gasteiger partial charge in [0, 0.05) is 24.7 Å². The summed E-state index contributed by atoms with van der Waals surface area (Å²) in [6.07, 6.45) is 1.86. The molecule has 20 heavy (non-hydrogen) atoms. The second-order valence-corrected chi connectivity index (χ2v) is 4.90. The molecule has 1 aromatic heterocycles. The van der Waals surface area contributed by atoms with Crippen LogP contribution in [0.2, 0.25) is 0 Å². The average Bonchev–Trinajstić information content (AvgIpc) is 2.39. The van der Waals surface area contributed by atoms with Crippen LogP contribution < -0.4 is 10.6 Å². The van der Waals surface area contributed by atoms with Crippen LogP contribution in [-0.4, -0.2) is 16.5 Å². The molecule has 2 aromatic rings. The number of rotatable bonds is 5. The minimum atomic E-state index is 0.532. The maximum Gasteiger partial charge on any atom is 0.138 e. The van der Waals surface area contributed by atoms with E-state index in [-0.39, 0.29) is 0 Å². The summed E-state index contributed by atoms with van der Waals surface area (Å²) in [7, 11) is 0. The summed E-state index contributed by atoms with van der Waals surface area (Å²) in [5, 5.41) is 0. The van der Waals surface area contributed by atoms with E-state index in [4.69, 9.17) is 5.73 Å². The molecule has 0 aliphatic rings. The van der Waals surface area contributed by atoms with E-state index in [0.29, 0.717) is 5.82 Å². The lowest BCUT2D eigenvalue weighted by molar-refractivity contribution is 0.828. The van der Waals surface area contributed by atoms with E-state index < -0.39 is 0 Å². The van der Waals surface area contributed by atoms with Crippen molar-refractivity contribution in [3.8, 4) is 0 Å². The normalized spacial score (nSPS) is 10.6. The maximum atomic E-state index is 5.91. The Hall–Kier alpha value is -2.10. The highest BCUT2D eigenvalue weighted by Crippen LogP contribution is 2.25. The Balaban J connectivity index is 2.41. The first-order valence-corrected chi connectivity index (χ1v) is 7.11. The smallest absolute Gasteiger partial charge is 0.138 e. The van der Waals surface area contributed by atoms with Crippen molar-refractivity contribution in [2.75, 3.05) is 17.2 Å². The van der Waals surface area contributed by atoms with Gasteiger partial charge in [-0.1, -0.05) is 19.1 Å². The summed E-state index contributed by atoms with van der Waals surface area (Å²) in [6.45, 7) is 7.16. The molecule has 106 valence electrons. The Morgan fingerprint density at radius 2 is 1.95 bits per heavy atom. The van der Waals surface area contributed by atoms with E-state index >= 15 is 0 Å². The molecule has 2 rings (SSSR count). The summed E-state index contributed by atoms with van der Waals surface area (Å²) in [5.74, 6) is 2.22. The molecule has 0 saturated carbocycles. The molecule has 4 nitrogen and oxygen atoms in total. The molecule has 0 spiro atoms. The first-order valence-electron chi connectivity index (χ1n) is 7.11. The van der Waals surface area contributed by atoms with Crippen LogP contribution in [0.3, 0.4) is 0 Å². The van der Waals surface area contributed by atoms with Crippen molar-refractivity contribution in [1.82, 2.24) is 9.97 Å². The van der Waals surface area contributed by atoms with Crippen LogP contribution in [0, 0.1) is 6.92 Å². The van der Waals surface area contributed by atoms with Gasteiger partial charge in [-0.15, -0.1) is 0 Å². The van der Waals surface area contributed by atoms with Crippen molar-refractivity contribution in [3.63, 3.8) is 0 Å². The molecule has 0 unspecified atom stereocenters. The summed E-state index contributed by atoms with van der Waals surface area (Å²) in [4.78, 5) is 11.1. The fourth-order valence-electron chi connectivity index (χ4n) is 2.25. The molecule has 0 saturated heterocycles. The summed E-state index contributed by atoms with van der Waals surface area (Å²) in [6, 6.07) is 10.2. The first kappa shape index (κ1) is 14.3. The minimum absolute atomic E-state index is 0.532. The van der Waals surface area contributed by atoms with Gasteiger partial charge >= 0.3 is 0 Å². The van der Waals surface area contributed by atoms with Gasteiger partial charge in [0.2, 0.25) is 0 Å². The predicted octanol–water partition coefficient (Wildman–Crippen LogP) is 3.48. The standard InChI is InChI=1S/C16H22N4/c1-4-7-15-18-14(17)11-16(19-15)20(5-2)13-9-6-8-12(3)10-13/h6,8-11H,4-5,7H2,1-3H3,(H2,17,18,19). The van der Waals surface area contributed by atoms with Crippen LogP contribution in [0.4, 0.5) is 17.3 Å². The van der Waals surface area contributed by atoms with Crippen LogP contribution >= 0.6 is 0 Å². The quantitative estimate of drug-likeness (QED) is 0.903. The largest absolute Gasteiger partial charge is 0.384 e. The van der Waals surface area contributed by atoms with E-state index in [1.165, 1.54) is 5.56 Å². The lowest BCUT2D eigenvalue weighted by Gasteiger charge is -2.23. The van der Waals surface area contributed by atoms with Gasteiger partial charge in [0.05, 0.1) is 0 Å². The van der Waals surface area contributed by atoms with E-state index in [9.17, 15) is 0 Å². The maximum absolute atomic E-state index is 5.91. The van der Waals surface area contributed by atoms with Gasteiger partial charge in [-0.3, -0.25) is 0 Å². The fraction of sp³-hybridized carbons (Fsp3) is 0.375. The van der Waals surface area contributed by atoms with Crippen LogP contribution in [0.1, 0.15) is 31.7 Å². The number of anilines is 3. The predicted molar refractivity (Wildman–Crippen MR) is 84.3 cm³/mol. The van der Waals surface area contributed by atoms with Gasteiger partial charge < -0.3 is 10.6 Å². The molecule has 4 heteroatoms. The molecule has 1 heterocycles. The highest BCUT2D eigenvalue weighted by molar-refractivity contribution is 5.62. The second kappa shape index (κ2) is 6.37. The minimum Gasteiger partial charge on any atom is -0.384 e. The van der Waals surface area contributed by atoms with Gasteiger partial charge in [0.15, 0.2) is 0 Å². The molecule has 1 aromatic carbocycles. The summed E-state index contributed by atoms with van der Waals surface area (Å²) < 4.78 is 0. The number of nitrogen functional groups attached to an aromatic ring is 1. The fourth-order valence-corrected chi connectivity index (χ4v) is 2.25. The zero-order valence-electron chi connectivity index (χ0n) is 12.4. The monoisotopic (exact) mass is 270 g/mol. The molecule has 2 N–H and O–H groups in total. The third-order valence-electron chi connectivity index (χ3n) is 3.16. The van der Waals surface area contributed by atoms with Gasteiger partial charge in [-0.25, -0.2) is 9.97 Å². The number of aromatic nitrogens is 2. The molecule has 0 atom stereocenters. The van der Waals surface area contributed by atoms with E-state index in [1.807, 2.05) is 6.07 Å². The topological polar surface area (TPSA) is 55.0 Å². The van der Waals surface area contributed by atoms with Crippen LogP contribution in [0.25, 0.3) is 0 Å². The number of hydrogen-bond donors (Lipinski definition) is 1. The van der Waals surface area contributed by atoms with Gasteiger partial charge in [-0.2, -0.15) is 0 Å². The Bertz CT molecular complexity index is 580. The molecule has 0 amide bonds. The lowest BCUT2D eigenvalue weighted by atomic mass is 10.2. The van der Waals surface area contributed by atoms with Crippen molar-refractivity contribution in [2.45, 2.75) is 33.6 Å². The Morgan fingerprint density at radius 3 is 2.60 bits per heavy atom. The third-order valence-corrected chi connectivity index (χ3v) is 3.16. The molecule has 0 radical (unpaired) electrons. The van der Waals surface area contributed by atoms with E-state index in [0.717, 1.165) is 36.7 Å². The van der Waals surface area contributed by atoms with Crippen molar-refractivity contribution in [3.05, 3.63) is 41.7 Å². The molecule has 0 fully saturated rings. The van der Waals surface area contributed by atoms with E-state index in [2.05, 4.69) is 59.9 Å².